The van der Waals surface area contributed by atoms with Crippen LogP contribution in [0.2, 0.25) is 0 Å². The van der Waals surface area contributed by atoms with Gasteiger partial charge in [-0.1, -0.05) is 66.2 Å². The van der Waals surface area contributed by atoms with E-state index in [9.17, 15) is 13.5 Å². The summed E-state index contributed by atoms with van der Waals surface area (Å²) in [6.07, 6.45) is 1.74. The summed E-state index contributed by atoms with van der Waals surface area (Å²) in [6, 6.07) is 24.3. The highest BCUT2D eigenvalue weighted by molar-refractivity contribution is 7.89. The molecule has 35 heavy (non-hydrogen) atoms. The lowest BCUT2D eigenvalue weighted by atomic mass is 9.74. The minimum absolute atomic E-state index is 0.0199. The molecule has 0 radical (unpaired) electrons. The molecule has 5 rings (SSSR count). The molecule has 2 heterocycles. The van der Waals surface area contributed by atoms with Gasteiger partial charge in [0, 0.05) is 31.1 Å². The van der Waals surface area contributed by atoms with E-state index in [1.165, 1.54) is 11.1 Å². The zero-order valence-corrected chi connectivity index (χ0v) is 21.3. The number of fused-ring (bicyclic) bond motifs is 1. The normalized spacial score (nSPS) is 23.7. The van der Waals surface area contributed by atoms with Crippen molar-refractivity contribution in [1.82, 2.24) is 9.21 Å². The monoisotopic (exact) mass is 490 g/mol. The smallest absolute Gasteiger partial charge is 0.243 e. The Bertz CT molecular complexity index is 1290. The lowest BCUT2D eigenvalue weighted by Crippen LogP contribution is -2.67. The van der Waals surface area contributed by atoms with Gasteiger partial charge in [-0.3, -0.25) is 4.90 Å². The molecule has 2 aliphatic heterocycles. The summed E-state index contributed by atoms with van der Waals surface area (Å²) in [7, 11) is -3.58. The molecule has 3 aromatic carbocycles. The number of aliphatic hydroxyl groups is 1. The van der Waals surface area contributed by atoms with E-state index in [0.717, 1.165) is 36.1 Å². The Balaban J connectivity index is 1.43. The second kappa shape index (κ2) is 9.86. The molecule has 2 fully saturated rings. The van der Waals surface area contributed by atoms with E-state index in [2.05, 4.69) is 60.4 Å². The maximum atomic E-state index is 13.6. The largest absolute Gasteiger partial charge is 0.395 e. The number of aliphatic hydroxyl groups excluding tert-OH is 1. The van der Waals surface area contributed by atoms with E-state index in [1.807, 2.05) is 19.1 Å². The van der Waals surface area contributed by atoms with Gasteiger partial charge in [0.25, 0.3) is 0 Å². The SMILES string of the molecule is Cc1cccc(-c2ccc([C@H]3[C@H](CO)N4CCCCN(S(=O)(=O)c5cccc(C)c5)C[C@@H]34)cc2)c1. The van der Waals surface area contributed by atoms with E-state index in [-0.39, 0.29) is 24.6 Å². The van der Waals surface area contributed by atoms with Gasteiger partial charge in [0.2, 0.25) is 10.0 Å². The topological polar surface area (TPSA) is 60.9 Å². The van der Waals surface area contributed by atoms with Crippen molar-refractivity contribution in [2.24, 2.45) is 0 Å². The van der Waals surface area contributed by atoms with Gasteiger partial charge >= 0.3 is 0 Å². The molecule has 3 aromatic rings. The Kier molecular flexibility index (Phi) is 6.82. The second-order valence-corrected chi connectivity index (χ2v) is 11.9. The average Bonchev–Trinajstić information content (AvgIpc) is 2.83. The van der Waals surface area contributed by atoms with Crippen molar-refractivity contribution in [3.8, 4) is 11.1 Å². The third-order valence-corrected chi connectivity index (χ3v) is 9.47. The molecule has 0 spiro atoms. The van der Waals surface area contributed by atoms with E-state index in [4.69, 9.17) is 0 Å². The quantitative estimate of drug-likeness (QED) is 0.569. The first-order valence-electron chi connectivity index (χ1n) is 12.5. The minimum atomic E-state index is -3.58. The van der Waals surface area contributed by atoms with Crippen LogP contribution in [0.3, 0.4) is 0 Å². The molecule has 184 valence electrons. The van der Waals surface area contributed by atoms with Crippen molar-refractivity contribution in [3.63, 3.8) is 0 Å². The van der Waals surface area contributed by atoms with Crippen LogP contribution in [-0.2, 0) is 10.0 Å². The maximum Gasteiger partial charge on any atom is 0.243 e. The third kappa shape index (κ3) is 4.68. The maximum absolute atomic E-state index is 13.6. The number of nitrogens with zero attached hydrogens (tertiary/aromatic N) is 2. The first-order chi connectivity index (χ1) is 16.9. The molecule has 1 N–H and O–H groups in total. The molecule has 0 saturated carbocycles. The van der Waals surface area contributed by atoms with Crippen molar-refractivity contribution in [1.29, 1.82) is 0 Å². The summed E-state index contributed by atoms with van der Waals surface area (Å²) in [4.78, 5) is 2.68. The van der Waals surface area contributed by atoms with Crippen LogP contribution in [0.15, 0.2) is 77.7 Å². The summed E-state index contributed by atoms with van der Waals surface area (Å²) in [6.45, 7) is 5.96. The Morgan fingerprint density at radius 2 is 1.54 bits per heavy atom. The molecule has 6 heteroatoms. The number of sulfonamides is 1. The number of hydrogen-bond acceptors (Lipinski definition) is 4. The number of aryl methyl sites for hydroxylation is 2. The summed E-state index contributed by atoms with van der Waals surface area (Å²) >= 11 is 0. The van der Waals surface area contributed by atoms with E-state index < -0.39 is 10.0 Å². The molecule has 0 aromatic heterocycles. The fraction of sp³-hybridized carbons (Fsp3) is 0.379. The first kappa shape index (κ1) is 24.2. The van der Waals surface area contributed by atoms with Gasteiger partial charge in [-0.05, 0) is 67.6 Å². The first-order valence-corrected chi connectivity index (χ1v) is 13.9. The van der Waals surface area contributed by atoms with Crippen LogP contribution in [0.25, 0.3) is 11.1 Å². The van der Waals surface area contributed by atoms with Gasteiger partial charge < -0.3 is 5.11 Å². The molecule has 3 atom stereocenters. The van der Waals surface area contributed by atoms with Gasteiger partial charge in [-0.2, -0.15) is 4.31 Å². The molecule has 0 bridgehead atoms. The molecular weight excluding hydrogens is 456 g/mol. The molecule has 2 aliphatic rings. The van der Waals surface area contributed by atoms with Gasteiger partial charge in [-0.25, -0.2) is 8.42 Å². The van der Waals surface area contributed by atoms with Crippen LogP contribution < -0.4 is 0 Å². The highest BCUT2D eigenvalue weighted by Gasteiger charge is 2.50. The van der Waals surface area contributed by atoms with Crippen LogP contribution in [0, 0.1) is 13.8 Å². The van der Waals surface area contributed by atoms with Crippen LogP contribution in [-0.4, -0.2) is 61.1 Å². The van der Waals surface area contributed by atoms with Gasteiger partial charge in [-0.15, -0.1) is 0 Å². The number of rotatable bonds is 5. The van der Waals surface area contributed by atoms with E-state index in [0.29, 0.717) is 18.0 Å². The highest BCUT2D eigenvalue weighted by atomic mass is 32.2. The van der Waals surface area contributed by atoms with Gasteiger partial charge in [0.1, 0.15) is 0 Å². The van der Waals surface area contributed by atoms with Gasteiger partial charge in [0.15, 0.2) is 0 Å². The average molecular weight is 491 g/mol. The van der Waals surface area contributed by atoms with Crippen molar-refractivity contribution in [2.75, 3.05) is 26.2 Å². The Morgan fingerprint density at radius 3 is 2.23 bits per heavy atom. The molecule has 5 nitrogen and oxygen atoms in total. The minimum Gasteiger partial charge on any atom is -0.395 e. The van der Waals surface area contributed by atoms with Crippen molar-refractivity contribution in [3.05, 3.63) is 89.5 Å². The molecule has 0 unspecified atom stereocenters. The Labute approximate surface area is 209 Å². The van der Waals surface area contributed by atoms with Gasteiger partial charge in [0.05, 0.1) is 11.5 Å². The van der Waals surface area contributed by atoms with Crippen molar-refractivity contribution >= 4 is 10.0 Å². The summed E-state index contributed by atoms with van der Waals surface area (Å²) < 4.78 is 28.8. The Hall–Kier alpha value is -2.51. The standard InChI is InChI=1S/C29H34N2O3S/c1-21-7-5-9-25(17-21)23-11-13-24(14-12-23)29-27-19-30(15-3-4-16-31(27)28(29)20-32)35(33,34)26-10-6-8-22(2)18-26/h5-14,17-18,27-29,32H,3-4,15-16,19-20H2,1-2H3/t27-,28-,29+/m0/s1. The predicted octanol–water partition coefficient (Wildman–Crippen LogP) is 4.58. The molecule has 0 amide bonds. The fourth-order valence-electron chi connectivity index (χ4n) is 5.77. The van der Waals surface area contributed by atoms with E-state index >= 15 is 0 Å². The van der Waals surface area contributed by atoms with E-state index in [1.54, 1.807) is 16.4 Å². The summed E-state index contributed by atoms with van der Waals surface area (Å²) in [5, 5.41) is 10.2. The lowest BCUT2D eigenvalue weighted by Gasteiger charge is -2.57. The zero-order valence-electron chi connectivity index (χ0n) is 20.5. The molecular formula is C29H34N2O3S. The van der Waals surface area contributed by atoms with Crippen molar-refractivity contribution in [2.45, 2.75) is 49.6 Å². The fourth-order valence-corrected chi connectivity index (χ4v) is 7.38. The van der Waals surface area contributed by atoms with Crippen LogP contribution in [0.5, 0.6) is 0 Å². The second-order valence-electron chi connectivity index (χ2n) is 9.96. The van der Waals surface area contributed by atoms with Crippen molar-refractivity contribution < 1.29 is 13.5 Å². The van der Waals surface area contributed by atoms with Crippen LogP contribution in [0.4, 0.5) is 0 Å². The summed E-state index contributed by atoms with van der Waals surface area (Å²) in [5.74, 6) is 0.0971. The summed E-state index contributed by atoms with van der Waals surface area (Å²) in [5.41, 5.74) is 5.68. The lowest BCUT2D eigenvalue weighted by molar-refractivity contribution is -0.0553. The van der Waals surface area contributed by atoms with Crippen LogP contribution in [0.1, 0.15) is 35.4 Å². The highest BCUT2D eigenvalue weighted by Crippen LogP contribution is 2.43. The zero-order chi connectivity index (χ0) is 24.6. The molecule has 2 saturated heterocycles. The number of hydrogen-bond donors (Lipinski definition) is 1. The predicted molar refractivity (Wildman–Crippen MR) is 140 cm³/mol. The Morgan fingerprint density at radius 1 is 0.857 bits per heavy atom. The molecule has 0 aliphatic carbocycles. The van der Waals surface area contributed by atoms with Crippen LogP contribution >= 0.6 is 0 Å². The number of benzene rings is 3. The third-order valence-electron chi connectivity index (χ3n) is 7.61.